The Bertz CT molecular complexity index is 596. The van der Waals surface area contributed by atoms with Crippen LogP contribution in [0, 0.1) is 6.92 Å². The normalized spacial score (nSPS) is 10.1. The third-order valence-corrected chi connectivity index (χ3v) is 2.77. The molecule has 3 nitrogen and oxygen atoms in total. The highest BCUT2D eigenvalue weighted by molar-refractivity contribution is 6.30. The standard InChI is InChI=1S/C14H12ClNO2/c1-9-7-12(17)5-6-13(9)14(18)16-11-4-2-3-10(15)8-11/h2-8,17H,1H3,(H,16,18). The number of amides is 1. The number of rotatable bonds is 2. The zero-order chi connectivity index (χ0) is 13.1. The molecule has 0 fully saturated rings. The first-order valence-corrected chi connectivity index (χ1v) is 5.80. The second kappa shape index (κ2) is 5.10. The quantitative estimate of drug-likeness (QED) is 0.868. The molecule has 0 saturated carbocycles. The number of benzene rings is 2. The summed E-state index contributed by atoms with van der Waals surface area (Å²) < 4.78 is 0. The molecule has 92 valence electrons. The highest BCUT2D eigenvalue weighted by atomic mass is 35.5. The van der Waals surface area contributed by atoms with Crippen molar-refractivity contribution in [1.29, 1.82) is 0 Å². The molecule has 0 aromatic heterocycles. The number of aromatic hydroxyl groups is 1. The van der Waals surface area contributed by atoms with Crippen LogP contribution in [0.25, 0.3) is 0 Å². The lowest BCUT2D eigenvalue weighted by Crippen LogP contribution is -2.13. The smallest absolute Gasteiger partial charge is 0.255 e. The minimum Gasteiger partial charge on any atom is -0.508 e. The van der Waals surface area contributed by atoms with E-state index in [0.717, 1.165) is 5.56 Å². The lowest BCUT2D eigenvalue weighted by atomic mass is 10.1. The zero-order valence-corrected chi connectivity index (χ0v) is 10.5. The Morgan fingerprint density at radius 3 is 2.67 bits per heavy atom. The van der Waals surface area contributed by atoms with Crippen LogP contribution in [0.15, 0.2) is 42.5 Å². The molecule has 2 aromatic rings. The Balaban J connectivity index is 2.22. The third-order valence-electron chi connectivity index (χ3n) is 2.54. The van der Waals surface area contributed by atoms with Gasteiger partial charge in [-0.1, -0.05) is 17.7 Å². The van der Waals surface area contributed by atoms with E-state index in [1.165, 1.54) is 6.07 Å². The van der Waals surface area contributed by atoms with Crippen LogP contribution in [0.4, 0.5) is 5.69 Å². The van der Waals surface area contributed by atoms with Crippen molar-refractivity contribution in [3.05, 3.63) is 58.6 Å². The fourth-order valence-electron chi connectivity index (χ4n) is 1.67. The average Bonchev–Trinajstić information content (AvgIpc) is 2.28. The molecule has 4 heteroatoms. The monoisotopic (exact) mass is 261 g/mol. The Morgan fingerprint density at radius 2 is 2.00 bits per heavy atom. The van der Waals surface area contributed by atoms with Crippen molar-refractivity contribution in [3.8, 4) is 5.75 Å². The fraction of sp³-hybridized carbons (Fsp3) is 0.0714. The molecule has 0 heterocycles. The second-order valence-corrected chi connectivity index (χ2v) is 4.40. The van der Waals surface area contributed by atoms with Crippen LogP contribution in [0.2, 0.25) is 5.02 Å². The van der Waals surface area contributed by atoms with Crippen molar-refractivity contribution in [2.75, 3.05) is 5.32 Å². The van der Waals surface area contributed by atoms with Gasteiger partial charge in [-0.25, -0.2) is 0 Å². The van der Waals surface area contributed by atoms with Gasteiger partial charge in [-0.2, -0.15) is 0 Å². The van der Waals surface area contributed by atoms with Gasteiger partial charge in [0, 0.05) is 16.3 Å². The van der Waals surface area contributed by atoms with Crippen LogP contribution in [0.5, 0.6) is 5.75 Å². The third kappa shape index (κ3) is 2.81. The van der Waals surface area contributed by atoms with Gasteiger partial charge in [-0.05, 0) is 48.9 Å². The van der Waals surface area contributed by atoms with E-state index in [0.29, 0.717) is 16.3 Å². The Hall–Kier alpha value is -2.00. The van der Waals surface area contributed by atoms with E-state index < -0.39 is 0 Å². The van der Waals surface area contributed by atoms with Crippen molar-refractivity contribution >= 4 is 23.2 Å². The maximum Gasteiger partial charge on any atom is 0.255 e. The molecule has 2 rings (SSSR count). The lowest BCUT2D eigenvalue weighted by Gasteiger charge is -2.08. The minimum absolute atomic E-state index is 0.145. The van der Waals surface area contributed by atoms with Crippen molar-refractivity contribution in [1.82, 2.24) is 0 Å². The van der Waals surface area contributed by atoms with Gasteiger partial charge in [0.25, 0.3) is 5.91 Å². The van der Waals surface area contributed by atoms with Gasteiger partial charge < -0.3 is 10.4 Å². The van der Waals surface area contributed by atoms with Crippen LogP contribution in [0.3, 0.4) is 0 Å². The molecule has 18 heavy (non-hydrogen) atoms. The van der Waals surface area contributed by atoms with Gasteiger partial charge in [-0.15, -0.1) is 0 Å². The van der Waals surface area contributed by atoms with E-state index in [1.807, 2.05) is 0 Å². The van der Waals surface area contributed by atoms with Gasteiger partial charge in [0.1, 0.15) is 5.75 Å². The lowest BCUT2D eigenvalue weighted by molar-refractivity contribution is 0.102. The van der Waals surface area contributed by atoms with Gasteiger partial charge in [0.05, 0.1) is 0 Å². The van der Waals surface area contributed by atoms with E-state index in [4.69, 9.17) is 11.6 Å². The minimum atomic E-state index is -0.227. The average molecular weight is 262 g/mol. The maximum atomic E-state index is 12.0. The van der Waals surface area contributed by atoms with Gasteiger partial charge in [0.2, 0.25) is 0 Å². The van der Waals surface area contributed by atoms with Crippen LogP contribution in [-0.4, -0.2) is 11.0 Å². The molecule has 2 N–H and O–H groups in total. The second-order valence-electron chi connectivity index (χ2n) is 3.96. The molecule has 0 aliphatic rings. The molecule has 0 saturated heterocycles. The summed E-state index contributed by atoms with van der Waals surface area (Å²) in [5.74, 6) is -0.0819. The van der Waals surface area contributed by atoms with Gasteiger partial charge >= 0.3 is 0 Å². The first kappa shape index (κ1) is 12.5. The van der Waals surface area contributed by atoms with E-state index >= 15 is 0 Å². The number of aryl methyl sites for hydroxylation is 1. The van der Waals surface area contributed by atoms with Crippen molar-refractivity contribution in [2.24, 2.45) is 0 Å². The predicted octanol–water partition coefficient (Wildman–Crippen LogP) is 3.61. The fourth-order valence-corrected chi connectivity index (χ4v) is 1.86. The number of carbonyl (C=O) groups excluding carboxylic acids is 1. The molecule has 0 aliphatic heterocycles. The summed E-state index contributed by atoms with van der Waals surface area (Å²) >= 11 is 5.84. The first-order chi connectivity index (χ1) is 8.56. The number of hydrogen-bond acceptors (Lipinski definition) is 2. The van der Waals surface area contributed by atoms with E-state index in [-0.39, 0.29) is 11.7 Å². The van der Waals surface area contributed by atoms with Gasteiger partial charge in [0.15, 0.2) is 0 Å². The zero-order valence-electron chi connectivity index (χ0n) is 9.77. The molecular formula is C14H12ClNO2. The summed E-state index contributed by atoms with van der Waals surface area (Å²) in [6.45, 7) is 1.77. The van der Waals surface area contributed by atoms with E-state index in [1.54, 1.807) is 43.3 Å². The predicted molar refractivity (Wildman–Crippen MR) is 72.2 cm³/mol. The van der Waals surface area contributed by atoms with Crippen molar-refractivity contribution in [2.45, 2.75) is 6.92 Å². The number of nitrogens with one attached hydrogen (secondary N) is 1. The molecule has 1 amide bonds. The molecule has 0 spiro atoms. The molecule has 0 aliphatic carbocycles. The van der Waals surface area contributed by atoms with Crippen LogP contribution in [0.1, 0.15) is 15.9 Å². The number of phenolic OH excluding ortho intramolecular Hbond substituents is 1. The van der Waals surface area contributed by atoms with Crippen molar-refractivity contribution in [3.63, 3.8) is 0 Å². The number of carbonyl (C=O) groups is 1. The van der Waals surface area contributed by atoms with E-state index in [2.05, 4.69) is 5.32 Å². The Morgan fingerprint density at radius 1 is 1.22 bits per heavy atom. The van der Waals surface area contributed by atoms with Crippen LogP contribution >= 0.6 is 11.6 Å². The molecule has 0 atom stereocenters. The van der Waals surface area contributed by atoms with E-state index in [9.17, 15) is 9.90 Å². The molecule has 2 aromatic carbocycles. The first-order valence-electron chi connectivity index (χ1n) is 5.43. The summed E-state index contributed by atoms with van der Waals surface area (Å²) in [6.07, 6.45) is 0. The summed E-state index contributed by atoms with van der Waals surface area (Å²) in [4.78, 5) is 12.0. The van der Waals surface area contributed by atoms with Crippen molar-refractivity contribution < 1.29 is 9.90 Å². The van der Waals surface area contributed by atoms with Gasteiger partial charge in [-0.3, -0.25) is 4.79 Å². The van der Waals surface area contributed by atoms with Crippen LogP contribution < -0.4 is 5.32 Å². The summed E-state index contributed by atoms with van der Waals surface area (Å²) in [5, 5.41) is 12.6. The highest BCUT2D eigenvalue weighted by Crippen LogP contribution is 2.19. The molecule has 0 unspecified atom stereocenters. The Kier molecular flexibility index (Phi) is 3.53. The number of phenols is 1. The van der Waals surface area contributed by atoms with Crippen LogP contribution in [-0.2, 0) is 0 Å². The SMILES string of the molecule is Cc1cc(O)ccc1C(=O)Nc1cccc(Cl)c1. The Labute approximate surface area is 110 Å². The number of halogens is 1. The topological polar surface area (TPSA) is 49.3 Å². The largest absolute Gasteiger partial charge is 0.508 e. The highest BCUT2D eigenvalue weighted by Gasteiger charge is 2.09. The molecule has 0 bridgehead atoms. The molecule has 0 radical (unpaired) electrons. The summed E-state index contributed by atoms with van der Waals surface area (Å²) in [7, 11) is 0. The number of hydrogen-bond donors (Lipinski definition) is 2. The maximum absolute atomic E-state index is 12.0. The summed E-state index contributed by atoms with van der Waals surface area (Å²) in [6, 6.07) is 11.6. The number of anilines is 1. The molecular weight excluding hydrogens is 250 g/mol. The summed E-state index contributed by atoms with van der Waals surface area (Å²) in [5.41, 5.74) is 1.88.